The number of benzene rings is 2. The van der Waals surface area contributed by atoms with Crippen molar-refractivity contribution in [1.29, 1.82) is 0 Å². The quantitative estimate of drug-likeness (QED) is 0.723. The minimum atomic E-state index is -0.710. The van der Waals surface area contributed by atoms with E-state index in [2.05, 4.69) is 10.6 Å². The predicted octanol–water partition coefficient (Wildman–Crippen LogP) is 3.51. The Bertz CT molecular complexity index is 781. The number of anilines is 1. The SMILES string of the molecule is COc1ccc(NC(=O)[C@@H](NC(=O)COc2ccccc2)C(C)C)cc1Cl. The van der Waals surface area contributed by atoms with Crippen molar-refractivity contribution in [2.24, 2.45) is 5.92 Å². The van der Waals surface area contributed by atoms with Gasteiger partial charge in [0.2, 0.25) is 5.91 Å². The van der Waals surface area contributed by atoms with Crippen LogP contribution in [0.15, 0.2) is 48.5 Å². The number of amides is 2. The number of hydrogen-bond donors (Lipinski definition) is 2. The van der Waals surface area contributed by atoms with Gasteiger partial charge in [-0.2, -0.15) is 0 Å². The maximum atomic E-state index is 12.6. The molecule has 0 aliphatic rings. The first-order valence-corrected chi connectivity index (χ1v) is 8.90. The first kappa shape index (κ1) is 20.6. The fourth-order valence-corrected chi connectivity index (χ4v) is 2.64. The number of ether oxygens (including phenoxy) is 2. The maximum absolute atomic E-state index is 12.6. The molecule has 2 amide bonds. The van der Waals surface area contributed by atoms with E-state index in [1.165, 1.54) is 7.11 Å². The second-order valence-corrected chi connectivity index (χ2v) is 6.64. The normalized spacial score (nSPS) is 11.6. The minimum absolute atomic E-state index is 0.112. The third kappa shape index (κ3) is 6.18. The van der Waals surface area contributed by atoms with E-state index < -0.39 is 6.04 Å². The van der Waals surface area contributed by atoms with Crippen LogP contribution >= 0.6 is 11.6 Å². The fraction of sp³-hybridized carbons (Fsp3) is 0.300. The zero-order valence-corrected chi connectivity index (χ0v) is 16.2. The molecule has 144 valence electrons. The van der Waals surface area contributed by atoms with Crippen LogP contribution < -0.4 is 20.1 Å². The topological polar surface area (TPSA) is 76.7 Å². The van der Waals surface area contributed by atoms with Crippen LogP contribution in [0.1, 0.15) is 13.8 Å². The van der Waals surface area contributed by atoms with E-state index >= 15 is 0 Å². The molecule has 7 heteroatoms. The molecule has 0 unspecified atom stereocenters. The molecular weight excluding hydrogens is 368 g/mol. The third-order valence-corrected chi connectivity index (χ3v) is 4.09. The molecule has 0 saturated carbocycles. The molecule has 0 bridgehead atoms. The number of hydrogen-bond acceptors (Lipinski definition) is 4. The standard InChI is InChI=1S/C20H23ClN2O4/c1-13(2)19(23-18(24)12-27-15-7-5-4-6-8-15)20(25)22-14-9-10-17(26-3)16(21)11-14/h4-11,13,19H,12H2,1-3H3,(H,22,25)(H,23,24)/t19-/m0/s1. The Hall–Kier alpha value is -2.73. The summed E-state index contributed by atoms with van der Waals surface area (Å²) >= 11 is 6.08. The van der Waals surface area contributed by atoms with E-state index in [1.54, 1.807) is 30.3 Å². The van der Waals surface area contributed by atoms with Crippen molar-refractivity contribution in [2.45, 2.75) is 19.9 Å². The van der Waals surface area contributed by atoms with Crippen molar-refractivity contribution in [3.8, 4) is 11.5 Å². The average Bonchev–Trinajstić information content (AvgIpc) is 2.65. The van der Waals surface area contributed by atoms with Crippen LogP contribution in [0.25, 0.3) is 0 Å². The monoisotopic (exact) mass is 390 g/mol. The van der Waals surface area contributed by atoms with Gasteiger partial charge in [0.05, 0.1) is 12.1 Å². The molecule has 2 rings (SSSR count). The minimum Gasteiger partial charge on any atom is -0.495 e. The van der Waals surface area contributed by atoms with Crippen LogP contribution in [-0.4, -0.2) is 31.6 Å². The third-order valence-electron chi connectivity index (χ3n) is 3.80. The molecule has 0 aliphatic carbocycles. The van der Waals surface area contributed by atoms with Gasteiger partial charge in [0.15, 0.2) is 6.61 Å². The fourth-order valence-electron chi connectivity index (χ4n) is 2.38. The average molecular weight is 391 g/mol. The van der Waals surface area contributed by atoms with E-state index in [4.69, 9.17) is 21.1 Å². The molecular formula is C20H23ClN2O4. The van der Waals surface area contributed by atoms with E-state index in [9.17, 15) is 9.59 Å². The molecule has 1 atom stereocenters. The van der Waals surface area contributed by atoms with Crippen LogP contribution in [-0.2, 0) is 9.59 Å². The number of halogens is 1. The lowest BCUT2D eigenvalue weighted by molar-refractivity contribution is -0.128. The van der Waals surface area contributed by atoms with Crippen LogP contribution in [0.3, 0.4) is 0 Å². The second-order valence-electron chi connectivity index (χ2n) is 6.23. The van der Waals surface area contributed by atoms with Crippen molar-refractivity contribution >= 4 is 29.1 Å². The van der Waals surface area contributed by atoms with E-state index in [0.29, 0.717) is 22.2 Å². The van der Waals surface area contributed by atoms with Crippen LogP contribution in [0.4, 0.5) is 5.69 Å². The van der Waals surface area contributed by atoms with Crippen LogP contribution in [0.5, 0.6) is 11.5 Å². The summed E-state index contributed by atoms with van der Waals surface area (Å²) in [6.45, 7) is 3.53. The maximum Gasteiger partial charge on any atom is 0.258 e. The lowest BCUT2D eigenvalue weighted by Crippen LogP contribution is -2.48. The summed E-state index contributed by atoms with van der Waals surface area (Å²) in [7, 11) is 1.52. The zero-order chi connectivity index (χ0) is 19.8. The summed E-state index contributed by atoms with van der Waals surface area (Å²) in [5.41, 5.74) is 0.520. The summed E-state index contributed by atoms with van der Waals surface area (Å²) in [6.07, 6.45) is 0. The Balaban J connectivity index is 1.96. The molecule has 2 N–H and O–H groups in total. The number of nitrogens with one attached hydrogen (secondary N) is 2. The highest BCUT2D eigenvalue weighted by atomic mass is 35.5. The molecule has 2 aromatic carbocycles. The molecule has 0 spiro atoms. The summed E-state index contributed by atoms with van der Waals surface area (Å²) in [6, 6.07) is 13.2. The van der Waals surface area contributed by atoms with E-state index in [-0.39, 0.29) is 24.3 Å². The highest BCUT2D eigenvalue weighted by molar-refractivity contribution is 6.32. The smallest absolute Gasteiger partial charge is 0.258 e. The van der Waals surface area contributed by atoms with Crippen LogP contribution in [0.2, 0.25) is 5.02 Å². The van der Waals surface area contributed by atoms with Crippen molar-refractivity contribution in [3.05, 3.63) is 53.6 Å². The van der Waals surface area contributed by atoms with Gasteiger partial charge in [-0.3, -0.25) is 9.59 Å². The van der Waals surface area contributed by atoms with Gasteiger partial charge in [-0.15, -0.1) is 0 Å². The number of carbonyl (C=O) groups is 2. The Morgan fingerprint density at radius 2 is 1.81 bits per heavy atom. The van der Waals surface area contributed by atoms with Gasteiger partial charge in [0, 0.05) is 5.69 Å². The van der Waals surface area contributed by atoms with Crippen molar-refractivity contribution in [3.63, 3.8) is 0 Å². The number of para-hydroxylation sites is 1. The van der Waals surface area contributed by atoms with Crippen LogP contribution in [0, 0.1) is 5.92 Å². The Morgan fingerprint density at radius 3 is 2.41 bits per heavy atom. The summed E-state index contributed by atoms with van der Waals surface area (Å²) in [5.74, 6) is 0.284. The van der Waals surface area contributed by atoms with Crippen molar-refractivity contribution in [2.75, 3.05) is 19.0 Å². The molecule has 0 saturated heterocycles. The van der Waals surface area contributed by atoms with Crippen molar-refractivity contribution in [1.82, 2.24) is 5.32 Å². The molecule has 6 nitrogen and oxygen atoms in total. The van der Waals surface area contributed by atoms with Crippen molar-refractivity contribution < 1.29 is 19.1 Å². The number of methoxy groups -OCH3 is 1. The van der Waals surface area contributed by atoms with Gasteiger partial charge in [-0.25, -0.2) is 0 Å². The highest BCUT2D eigenvalue weighted by Crippen LogP contribution is 2.27. The molecule has 0 aromatic heterocycles. The first-order valence-electron chi connectivity index (χ1n) is 8.52. The Labute approximate surface area is 163 Å². The predicted molar refractivity (Wildman–Crippen MR) is 105 cm³/mol. The van der Waals surface area contributed by atoms with Gasteiger partial charge in [0.25, 0.3) is 5.91 Å². The van der Waals surface area contributed by atoms with E-state index in [0.717, 1.165) is 0 Å². The highest BCUT2D eigenvalue weighted by Gasteiger charge is 2.24. The summed E-state index contributed by atoms with van der Waals surface area (Å²) < 4.78 is 10.5. The Morgan fingerprint density at radius 1 is 1.11 bits per heavy atom. The molecule has 0 radical (unpaired) electrons. The van der Waals surface area contributed by atoms with Gasteiger partial charge >= 0.3 is 0 Å². The molecule has 27 heavy (non-hydrogen) atoms. The van der Waals surface area contributed by atoms with Gasteiger partial charge in [-0.1, -0.05) is 43.6 Å². The van der Waals surface area contributed by atoms with Gasteiger partial charge < -0.3 is 20.1 Å². The lowest BCUT2D eigenvalue weighted by Gasteiger charge is -2.22. The van der Waals surface area contributed by atoms with Gasteiger partial charge in [0.1, 0.15) is 17.5 Å². The second kappa shape index (κ2) is 9.83. The number of carbonyl (C=O) groups excluding carboxylic acids is 2. The lowest BCUT2D eigenvalue weighted by atomic mass is 10.0. The molecule has 2 aromatic rings. The van der Waals surface area contributed by atoms with E-state index in [1.807, 2.05) is 32.0 Å². The zero-order valence-electron chi connectivity index (χ0n) is 15.5. The first-order chi connectivity index (χ1) is 12.9. The summed E-state index contributed by atoms with van der Waals surface area (Å²) in [5, 5.41) is 5.86. The molecule has 0 heterocycles. The van der Waals surface area contributed by atoms with Gasteiger partial charge in [-0.05, 0) is 36.2 Å². The summed E-state index contributed by atoms with van der Waals surface area (Å²) in [4.78, 5) is 24.8. The Kier molecular flexibility index (Phi) is 7.49. The molecule has 0 fully saturated rings. The number of rotatable bonds is 8. The molecule has 0 aliphatic heterocycles. The largest absolute Gasteiger partial charge is 0.495 e.